The van der Waals surface area contributed by atoms with Gasteiger partial charge < -0.3 is 10.4 Å². The van der Waals surface area contributed by atoms with Crippen LogP contribution in [0.1, 0.15) is 53.2 Å². The second-order valence-corrected chi connectivity index (χ2v) is 6.69. The number of fused-ring (bicyclic) bond motifs is 1. The van der Waals surface area contributed by atoms with Crippen LogP contribution < -0.4 is 5.32 Å². The number of Topliss-reactive ketones (excluding diaryl/α,β-unsaturated/α-hetero) is 1. The highest BCUT2D eigenvalue weighted by Gasteiger charge is 2.47. The molecular weight excluding hydrogens is 302 g/mol. The number of hydrogen-bond acceptors (Lipinski definition) is 3. The lowest BCUT2D eigenvalue weighted by Crippen LogP contribution is -2.36. The first-order valence-corrected chi connectivity index (χ1v) is 8.10. The van der Waals surface area contributed by atoms with E-state index in [-0.39, 0.29) is 12.2 Å². The Labute approximate surface area is 141 Å². The predicted octanol–water partition coefficient (Wildman–Crippen LogP) is 3.53. The molecule has 1 aliphatic rings. The average molecular weight is 323 g/mol. The Morgan fingerprint density at radius 1 is 1.17 bits per heavy atom. The molecule has 2 N–H and O–H groups in total. The van der Waals surface area contributed by atoms with Crippen molar-refractivity contribution in [2.24, 2.45) is 0 Å². The highest BCUT2D eigenvalue weighted by Crippen LogP contribution is 2.40. The number of aliphatic hydroxyl groups is 1. The third-order valence-corrected chi connectivity index (χ3v) is 4.65. The van der Waals surface area contributed by atoms with Gasteiger partial charge >= 0.3 is 0 Å². The van der Waals surface area contributed by atoms with Crippen molar-refractivity contribution in [2.45, 2.75) is 38.7 Å². The average Bonchev–Trinajstić information content (AvgIpc) is 2.80. The van der Waals surface area contributed by atoms with Crippen molar-refractivity contribution in [3.05, 3.63) is 64.7 Å². The molecule has 24 heavy (non-hydrogen) atoms. The predicted molar refractivity (Wildman–Crippen MR) is 93.2 cm³/mol. The topological polar surface area (TPSA) is 66.4 Å². The van der Waals surface area contributed by atoms with E-state index < -0.39 is 11.5 Å². The number of carbonyl (C=O) groups excluding carboxylic acids is 2. The summed E-state index contributed by atoms with van der Waals surface area (Å²) in [6, 6.07) is 12.7. The van der Waals surface area contributed by atoms with Crippen molar-refractivity contribution in [3.63, 3.8) is 0 Å². The van der Waals surface area contributed by atoms with Gasteiger partial charge in [-0.15, -0.1) is 0 Å². The Morgan fingerprint density at radius 2 is 1.83 bits per heavy atom. The highest BCUT2D eigenvalue weighted by atomic mass is 16.3. The van der Waals surface area contributed by atoms with Gasteiger partial charge in [0, 0.05) is 11.1 Å². The second kappa shape index (κ2) is 5.87. The van der Waals surface area contributed by atoms with E-state index in [1.807, 2.05) is 25.1 Å². The summed E-state index contributed by atoms with van der Waals surface area (Å²) in [4.78, 5) is 24.9. The molecule has 0 spiro atoms. The minimum absolute atomic E-state index is 0.252. The lowest BCUT2D eigenvalue weighted by atomic mass is 9.87. The molecule has 0 radical (unpaired) electrons. The molecule has 2 aromatic rings. The van der Waals surface area contributed by atoms with Gasteiger partial charge in [-0.3, -0.25) is 9.59 Å². The zero-order chi connectivity index (χ0) is 17.5. The van der Waals surface area contributed by atoms with Crippen molar-refractivity contribution in [1.29, 1.82) is 0 Å². The summed E-state index contributed by atoms with van der Waals surface area (Å²) in [7, 11) is 0. The molecular formula is C20H21NO3. The Morgan fingerprint density at radius 3 is 2.46 bits per heavy atom. The molecule has 0 aliphatic carbocycles. The van der Waals surface area contributed by atoms with Crippen LogP contribution in [0, 0.1) is 6.92 Å². The van der Waals surface area contributed by atoms with E-state index in [1.54, 1.807) is 24.3 Å². The van der Waals surface area contributed by atoms with Crippen molar-refractivity contribution >= 4 is 17.4 Å². The quantitative estimate of drug-likeness (QED) is 0.846. The van der Waals surface area contributed by atoms with Gasteiger partial charge in [-0.1, -0.05) is 56.3 Å². The number of benzene rings is 2. The van der Waals surface area contributed by atoms with Gasteiger partial charge in [0.15, 0.2) is 11.4 Å². The molecule has 4 heteroatoms. The van der Waals surface area contributed by atoms with Gasteiger partial charge in [0.05, 0.1) is 12.1 Å². The molecule has 1 amide bonds. The van der Waals surface area contributed by atoms with Crippen molar-refractivity contribution < 1.29 is 14.7 Å². The number of hydrogen-bond donors (Lipinski definition) is 2. The lowest BCUT2D eigenvalue weighted by molar-refractivity contribution is -0.133. The minimum atomic E-state index is -1.81. The zero-order valence-corrected chi connectivity index (χ0v) is 14.1. The summed E-state index contributed by atoms with van der Waals surface area (Å²) >= 11 is 0. The van der Waals surface area contributed by atoms with Crippen LogP contribution in [0.15, 0.2) is 42.5 Å². The molecule has 0 unspecified atom stereocenters. The molecule has 0 saturated carbocycles. The van der Waals surface area contributed by atoms with E-state index in [1.165, 1.54) is 0 Å². The van der Waals surface area contributed by atoms with Gasteiger partial charge in [0.1, 0.15) is 0 Å². The first-order chi connectivity index (χ1) is 11.3. The Balaban J connectivity index is 1.89. The molecule has 1 heterocycles. The molecule has 0 saturated heterocycles. The number of ketones is 1. The van der Waals surface area contributed by atoms with E-state index >= 15 is 0 Å². The summed E-state index contributed by atoms with van der Waals surface area (Å²) in [5.41, 5.74) is 1.78. The third-order valence-electron chi connectivity index (χ3n) is 4.65. The Kier molecular flexibility index (Phi) is 4.01. The number of aryl methyl sites for hydroxylation is 1. The van der Waals surface area contributed by atoms with Crippen LogP contribution in [0.2, 0.25) is 0 Å². The largest absolute Gasteiger partial charge is 0.375 e. The third kappa shape index (κ3) is 2.63. The van der Waals surface area contributed by atoms with E-state index in [9.17, 15) is 14.7 Å². The fourth-order valence-electron chi connectivity index (χ4n) is 3.08. The van der Waals surface area contributed by atoms with E-state index in [0.29, 0.717) is 22.7 Å². The maximum atomic E-state index is 12.6. The van der Waals surface area contributed by atoms with Crippen LogP contribution in [0.5, 0.6) is 0 Å². The molecule has 0 aromatic heterocycles. The van der Waals surface area contributed by atoms with Crippen LogP contribution in [-0.4, -0.2) is 16.8 Å². The van der Waals surface area contributed by atoms with E-state index in [2.05, 4.69) is 19.2 Å². The van der Waals surface area contributed by atoms with Gasteiger partial charge in [-0.25, -0.2) is 0 Å². The van der Waals surface area contributed by atoms with E-state index in [0.717, 1.165) is 11.1 Å². The summed E-state index contributed by atoms with van der Waals surface area (Å²) < 4.78 is 0. The molecule has 1 atom stereocenters. The van der Waals surface area contributed by atoms with Gasteiger partial charge in [0.25, 0.3) is 5.91 Å². The fourth-order valence-corrected chi connectivity index (χ4v) is 3.08. The number of para-hydroxylation sites is 1. The van der Waals surface area contributed by atoms with Crippen molar-refractivity contribution in [3.8, 4) is 0 Å². The first kappa shape index (κ1) is 16.4. The Bertz CT molecular complexity index is 808. The van der Waals surface area contributed by atoms with Crippen molar-refractivity contribution in [1.82, 2.24) is 0 Å². The first-order valence-electron chi connectivity index (χ1n) is 8.10. The molecule has 1 aliphatic heterocycles. The Hall–Kier alpha value is -2.46. The summed E-state index contributed by atoms with van der Waals surface area (Å²) in [5, 5.41) is 13.6. The highest BCUT2D eigenvalue weighted by molar-refractivity contribution is 6.09. The van der Waals surface area contributed by atoms with Crippen LogP contribution in [0.3, 0.4) is 0 Å². The normalized spacial score (nSPS) is 19.3. The number of amides is 1. The standard InChI is InChI=1S/C20H21NO3/c1-12(2)14-7-9-15(10-8-14)17(22)11-20(24)16-6-4-5-13(3)18(16)21-19(20)23/h4-10,12,24H,11H2,1-3H3,(H,21,23)/t20-/m0/s1. The molecule has 124 valence electrons. The SMILES string of the molecule is Cc1cccc2c1NC(=O)[C@]2(O)CC(=O)c1ccc(C(C)C)cc1. The molecule has 2 aromatic carbocycles. The fraction of sp³-hybridized carbons (Fsp3) is 0.300. The lowest BCUT2D eigenvalue weighted by Gasteiger charge is -2.20. The number of carbonyl (C=O) groups is 2. The summed E-state index contributed by atoms with van der Waals surface area (Å²) in [5.74, 6) is -0.412. The van der Waals surface area contributed by atoms with Crippen LogP contribution in [0.25, 0.3) is 0 Å². The van der Waals surface area contributed by atoms with Crippen LogP contribution in [-0.2, 0) is 10.4 Å². The van der Waals surface area contributed by atoms with Crippen molar-refractivity contribution in [2.75, 3.05) is 5.32 Å². The number of rotatable bonds is 4. The van der Waals surface area contributed by atoms with Gasteiger partial charge in [-0.05, 0) is 24.0 Å². The van der Waals surface area contributed by atoms with Crippen LogP contribution in [0.4, 0.5) is 5.69 Å². The van der Waals surface area contributed by atoms with Gasteiger partial charge in [0.2, 0.25) is 0 Å². The number of anilines is 1. The summed E-state index contributed by atoms with van der Waals surface area (Å²) in [6.07, 6.45) is -0.268. The smallest absolute Gasteiger partial charge is 0.261 e. The zero-order valence-electron chi connectivity index (χ0n) is 14.1. The minimum Gasteiger partial charge on any atom is -0.375 e. The number of nitrogens with one attached hydrogen (secondary N) is 1. The van der Waals surface area contributed by atoms with Crippen LogP contribution >= 0.6 is 0 Å². The summed E-state index contributed by atoms with van der Waals surface area (Å²) in [6.45, 7) is 6.03. The molecule has 0 fully saturated rings. The molecule has 3 rings (SSSR count). The maximum absolute atomic E-state index is 12.6. The molecule has 0 bridgehead atoms. The maximum Gasteiger partial charge on any atom is 0.261 e. The van der Waals surface area contributed by atoms with Gasteiger partial charge in [-0.2, -0.15) is 0 Å². The second-order valence-electron chi connectivity index (χ2n) is 6.69. The monoisotopic (exact) mass is 323 g/mol. The van der Waals surface area contributed by atoms with E-state index in [4.69, 9.17) is 0 Å². The molecule has 4 nitrogen and oxygen atoms in total.